The van der Waals surface area contributed by atoms with Crippen LogP contribution in [0.4, 0.5) is 5.95 Å². The maximum atomic E-state index is 6.06. The molecule has 0 radical (unpaired) electrons. The first kappa shape index (κ1) is 13.3. The van der Waals surface area contributed by atoms with Crippen LogP contribution in [0.1, 0.15) is 38.6 Å². The topological polar surface area (TPSA) is 55.0 Å². The quantitative estimate of drug-likeness (QED) is 0.886. The molecular weight excluding hydrogens is 224 g/mol. The van der Waals surface area contributed by atoms with Gasteiger partial charge in [0.2, 0.25) is 5.95 Å². The van der Waals surface area contributed by atoms with Crippen LogP contribution in [0.15, 0.2) is 6.07 Å². The zero-order valence-electron chi connectivity index (χ0n) is 11.7. The lowest BCUT2D eigenvalue weighted by atomic mass is 9.95. The van der Waals surface area contributed by atoms with Gasteiger partial charge in [0.15, 0.2) is 0 Å². The Balaban J connectivity index is 2.22. The highest BCUT2D eigenvalue weighted by atomic mass is 15.3. The molecule has 2 unspecified atom stereocenters. The molecule has 0 spiro atoms. The lowest BCUT2D eigenvalue weighted by Gasteiger charge is -2.35. The number of piperidine rings is 1. The molecule has 1 fully saturated rings. The second-order valence-corrected chi connectivity index (χ2v) is 5.23. The Labute approximate surface area is 110 Å². The number of aromatic nitrogens is 2. The van der Waals surface area contributed by atoms with Crippen molar-refractivity contribution >= 4 is 5.95 Å². The van der Waals surface area contributed by atoms with Crippen molar-refractivity contribution in [1.29, 1.82) is 0 Å². The van der Waals surface area contributed by atoms with E-state index in [2.05, 4.69) is 41.7 Å². The first-order chi connectivity index (χ1) is 8.63. The summed E-state index contributed by atoms with van der Waals surface area (Å²) in [5, 5.41) is 0. The average Bonchev–Trinajstić information content (AvgIpc) is 2.41. The van der Waals surface area contributed by atoms with Crippen LogP contribution in [-0.4, -0.2) is 29.1 Å². The SMILES string of the molecule is CCc1cc(CC)nc(N2CCC(N)C(C)C2)n1. The molecule has 1 aliphatic heterocycles. The van der Waals surface area contributed by atoms with Crippen molar-refractivity contribution in [2.75, 3.05) is 18.0 Å². The molecule has 100 valence electrons. The Kier molecular flexibility index (Phi) is 4.17. The maximum absolute atomic E-state index is 6.06. The minimum absolute atomic E-state index is 0.321. The number of nitrogens with two attached hydrogens (primary N) is 1. The Morgan fingerprint density at radius 2 is 1.89 bits per heavy atom. The normalized spacial score (nSPS) is 24.3. The summed E-state index contributed by atoms with van der Waals surface area (Å²) >= 11 is 0. The van der Waals surface area contributed by atoms with Gasteiger partial charge in [-0.2, -0.15) is 0 Å². The number of anilines is 1. The van der Waals surface area contributed by atoms with Gasteiger partial charge in [-0.1, -0.05) is 20.8 Å². The molecule has 0 aliphatic carbocycles. The highest BCUT2D eigenvalue weighted by Gasteiger charge is 2.24. The van der Waals surface area contributed by atoms with Gasteiger partial charge in [-0.15, -0.1) is 0 Å². The van der Waals surface area contributed by atoms with Crippen molar-refractivity contribution in [2.24, 2.45) is 11.7 Å². The molecule has 4 nitrogen and oxygen atoms in total. The minimum atomic E-state index is 0.321. The summed E-state index contributed by atoms with van der Waals surface area (Å²) in [6.07, 6.45) is 2.96. The molecule has 2 N–H and O–H groups in total. The maximum Gasteiger partial charge on any atom is 0.225 e. The van der Waals surface area contributed by atoms with E-state index >= 15 is 0 Å². The van der Waals surface area contributed by atoms with Gasteiger partial charge in [0.1, 0.15) is 0 Å². The molecule has 1 aromatic rings. The lowest BCUT2D eigenvalue weighted by molar-refractivity contribution is 0.379. The fraction of sp³-hybridized carbons (Fsp3) is 0.714. The van der Waals surface area contributed by atoms with Gasteiger partial charge in [0, 0.05) is 30.5 Å². The summed E-state index contributed by atoms with van der Waals surface area (Å²) in [6, 6.07) is 2.43. The van der Waals surface area contributed by atoms with Gasteiger partial charge >= 0.3 is 0 Å². The molecule has 2 atom stereocenters. The Morgan fingerprint density at radius 1 is 1.28 bits per heavy atom. The first-order valence-corrected chi connectivity index (χ1v) is 7.01. The van der Waals surface area contributed by atoms with Crippen LogP contribution in [-0.2, 0) is 12.8 Å². The van der Waals surface area contributed by atoms with E-state index in [0.717, 1.165) is 49.7 Å². The van der Waals surface area contributed by atoms with E-state index in [0.29, 0.717) is 12.0 Å². The molecular formula is C14H24N4. The number of hydrogen-bond acceptors (Lipinski definition) is 4. The van der Waals surface area contributed by atoms with Crippen LogP contribution in [0.2, 0.25) is 0 Å². The molecule has 0 amide bonds. The number of hydrogen-bond donors (Lipinski definition) is 1. The summed E-state index contributed by atoms with van der Waals surface area (Å²) in [7, 11) is 0. The van der Waals surface area contributed by atoms with E-state index in [1.807, 2.05) is 0 Å². The zero-order chi connectivity index (χ0) is 13.1. The van der Waals surface area contributed by atoms with Crippen molar-refractivity contribution in [3.8, 4) is 0 Å². The fourth-order valence-electron chi connectivity index (χ4n) is 2.39. The van der Waals surface area contributed by atoms with Crippen LogP contribution >= 0.6 is 0 Å². The van der Waals surface area contributed by atoms with Gasteiger partial charge in [0.25, 0.3) is 0 Å². The van der Waals surface area contributed by atoms with Crippen LogP contribution in [0.25, 0.3) is 0 Å². The number of rotatable bonds is 3. The molecule has 0 saturated carbocycles. The van der Waals surface area contributed by atoms with Gasteiger partial charge in [-0.05, 0) is 31.2 Å². The molecule has 18 heavy (non-hydrogen) atoms. The summed E-state index contributed by atoms with van der Waals surface area (Å²) in [5.74, 6) is 1.41. The monoisotopic (exact) mass is 248 g/mol. The van der Waals surface area contributed by atoms with Crippen molar-refractivity contribution < 1.29 is 0 Å². The predicted octanol–water partition coefficient (Wildman–Crippen LogP) is 1.77. The van der Waals surface area contributed by atoms with Crippen molar-refractivity contribution in [1.82, 2.24) is 9.97 Å². The van der Waals surface area contributed by atoms with Crippen LogP contribution < -0.4 is 10.6 Å². The van der Waals surface area contributed by atoms with Gasteiger partial charge < -0.3 is 10.6 Å². The molecule has 2 heterocycles. The first-order valence-electron chi connectivity index (χ1n) is 7.01. The van der Waals surface area contributed by atoms with E-state index in [9.17, 15) is 0 Å². The highest BCUT2D eigenvalue weighted by molar-refractivity contribution is 5.33. The second-order valence-electron chi connectivity index (χ2n) is 5.23. The van der Waals surface area contributed by atoms with Gasteiger partial charge in [-0.3, -0.25) is 0 Å². The Morgan fingerprint density at radius 3 is 2.39 bits per heavy atom. The standard InChI is InChI=1S/C14H24N4/c1-4-11-8-12(5-2)17-14(16-11)18-7-6-13(15)10(3)9-18/h8,10,13H,4-7,9,15H2,1-3H3. The van der Waals surface area contributed by atoms with E-state index in [4.69, 9.17) is 5.73 Å². The molecule has 2 rings (SSSR count). The molecule has 1 aliphatic rings. The van der Waals surface area contributed by atoms with Crippen molar-refractivity contribution in [3.63, 3.8) is 0 Å². The second kappa shape index (κ2) is 5.65. The van der Waals surface area contributed by atoms with Gasteiger partial charge in [-0.25, -0.2) is 9.97 Å². The van der Waals surface area contributed by atoms with E-state index in [1.165, 1.54) is 0 Å². The molecule has 4 heteroatoms. The van der Waals surface area contributed by atoms with Crippen LogP contribution in [0, 0.1) is 5.92 Å². The minimum Gasteiger partial charge on any atom is -0.340 e. The van der Waals surface area contributed by atoms with E-state index < -0.39 is 0 Å². The van der Waals surface area contributed by atoms with Crippen molar-refractivity contribution in [3.05, 3.63) is 17.5 Å². The predicted molar refractivity (Wildman–Crippen MR) is 74.8 cm³/mol. The largest absolute Gasteiger partial charge is 0.340 e. The average molecular weight is 248 g/mol. The summed E-state index contributed by atoms with van der Waals surface area (Å²) in [6.45, 7) is 8.43. The fourth-order valence-corrected chi connectivity index (χ4v) is 2.39. The van der Waals surface area contributed by atoms with E-state index in [1.54, 1.807) is 0 Å². The smallest absolute Gasteiger partial charge is 0.225 e. The number of nitrogens with zero attached hydrogens (tertiary/aromatic N) is 3. The molecule has 1 saturated heterocycles. The van der Waals surface area contributed by atoms with Crippen LogP contribution in [0.3, 0.4) is 0 Å². The zero-order valence-corrected chi connectivity index (χ0v) is 11.7. The van der Waals surface area contributed by atoms with Gasteiger partial charge in [0.05, 0.1) is 0 Å². The number of aryl methyl sites for hydroxylation is 2. The van der Waals surface area contributed by atoms with E-state index in [-0.39, 0.29) is 0 Å². The van der Waals surface area contributed by atoms with Crippen LogP contribution in [0.5, 0.6) is 0 Å². The third-order valence-corrected chi connectivity index (χ3v) is 3.80. The molecule has 0 aromatic carbocycles. The Hall–Kier alpha value is -1.16. The lowest BCUT2D eigenvalue weighted by Crippen LogP contribution is -2.46. The third kappa shape index (κ3) is 2.80. The summed E-state index contributed by atoms with van der Waals surface area (Å²) in [4.78, 5) is 11.6. The van der Waals surface area contributed by atoms with Crippen molar-refractivity contribution in [2.45, 2.75) is 46.1 Å². The summed E-state index contributed by atoms with van der Waals surface area (Å²) < 4.78 is 0. The third-order valence-electron chi connectivity index (χ3n) is 3.80. The highest BCUT2D eigenvalue weighted by Crippen LogP contribution is 2.20. The Bertz CT molecular complexity index is 383. The summed E-state index contributed by atoms with van der Waals surface area (Å²) in [5.41, 5.74) is 8.34. The molecule has 1 aromatic heterocycles. The molecule has 0 bridgehead atoms.